The Bertz CT molecular complexity index is 820. The first-order valence-corrected chi connectivity index (χ1v) is 6.62. The van der Waals surface area contributed by atoms with Crippen molar-refractivity contribution in [1.29, 1.82) is 0 Å². The SMILES string of the molecule is COc1cc(COC(=O)c2ccc3ncncc3c2)ccn1. The Morgan fingerprint density at radius 3 is 2.95 bits per heavy atom. The van der Waals surface area contributed by atoms with Gasteiger partial charge in [0.05, 0.1) is 18.2 Å². The second kappa shape index (κ2) is 6.17. The molecule has 1 aromatic carbocycles. The summed E-state index contributed by atoms with van der Waals surface area (Å²) in [7, 11) is 1.54. The van der Waals surface area contributed by atoms with Crippen LogP contribution in [0.2, 0.25) is 0 Å². The summed E-state index contributed by atoms with van der Waals surface area (Å²) >= 11 is 0. The fourth-order valence-corrected chi connectivity index (χ4v) is 2.00. The zero-order valence-corrected chi connectivity index (χ0v) is 11.9. The summed E-state index contributed by atoms with van der Waals surface area (Å²) in [6.45, 7) is 0.154. The lowest BCUT2D eigenvalue weighted by molar-refractivity contribution is 0.0472. The number of carbonyl (C=O) groups is 1. The number of benzene rings is 1. The Hall–Kier alpha value is -3.02. The van der Waals surface area contributed by atoms with Gasteiger partial charge in [0.15, 0.2) is 0 Å². The van der Waals surface area contributed by atoms with E-state index in [4.69, 9.17) is 9.47 Å². The fourth-order valence-electron chi connectivity index (χ4n) is 2.00. The van der Waals surface area contributed by atoms with Gasteiger partial charge in [0.2, 0.25) is 5.88 Å². The molecule has 0 atom stereocenters. The number of hydrogen-bond acceptors (Lipinski definition) is 6. The van der Waals surface area contributed by atoms with Gasteiger partial charge >= 0.3 is 5.97 Å². The molecule has 2 heterocycles. The van der Waals surface area contributed by atoms with Crippen molar-refractivity contribution in [3.63, 3.8) is 0 Å². The van der Waals surface area contributed by atoms with Crippen LogP contribution in [-0.4, -0.2) is 28.0 Å². The smallest absolute Gasteiger partial charge is 0.338 e. The number of nitrogens with zero attached hydrogens (tertiary/aromatic N) is 3. The molecule has 0 radical (unpaired) electrons. The highest BCUT2D eigenvalue weighted by Gasteiger charge is 2.09. The Balaban J connectivity index is 1.72. The van der Waals surface area contributed by atoms with Gasteiger partial charge in [-0.05, 0) is 29.8 Å². The molecular formula is C16H13N3O3. The van der Waals surface area contributed by atoms with E-state index in [1.54, 1.807) is 42.7 Å². The molecule has 110 valence electrons. The van der Waals surface area contributed by atoms with Gasteiger partial charge in [-0.2, -0.15) is 0 Å². The quantitative estimate of drug-likeness (QED) is 0.688. The number of hydrogen-bond donors (Lipinski definition) is 0. The topological polar surface area (TPSA) is 74.2 Å². The summed E-state index contributed by atoms with van der Waals surface area (Å²) in [5, 5.41) is 0.794. The van der Waals surface area contributed by atoms with E-state index in [0.29, 0.717) is 11.4 Å². The predicted molar refractivity (Wildman–Crippen MR) is 79.4 cm³/mol. The zero-order chi connectivity index (χ0) is 15.4. The molecule has 2 aromatic heterocycles. The second-order valence-corrected chi connectivity index (χ2v) is 4.58. The van der Waals surface area contributed by atoms with Crippen LogP contribution in [0.15, 0.2) is 49.1 Å². The molecule has 0 spiro atoms. The van der Waals surface area contributed by atoms with Crippen LogP contribution in [0.25, 0.3) is 10.9 Å². The van der Waals surface area contributed by atoms with E-state index >= 15 is 0 Å². The first-order chi connectivity index (χ1) is 10.8. The first kappa shape index (κ1) is 13.9. The molecule has 3 aromatic rings. The summed E-state index contributed by atoms with van der Waals surface area (Å²) < 4.78 is 10.3. The van der Waals surface area contributed by atoms with Gasteiger partial charge in [-0.3, -0.25) is 0 Å². The van der Waals surface area contributed by atoms with E-state index in [1.165, 1.54) is 13.4 Å². The normalized spacial score (nSPS) is 10.4. The molecule has 0 bridgehead atoms. The number of aromatic nitrogens is 3. The van der Waals surface area contributed by atoms with Crippen molar-refractivity contribution in [3.05, 3.63) is 60.2 Å². The maximum Gasteiger partial charge on any atom is 0.338 e. The van der Waals surface area contributed by atoms with Gasteiger partial charge in [-0.1, -0.05) is 0 Å². The highest BCUT2D eigenvalue weighted by atomic mass is 16.5. The van der Waals surface area contributed by atoms with E-state index in [1.807, 2.05) is 0 Å². The third-order valence-corrected chi connectivity index (χ3v) is 3.12. The van der Waals surface area contributed by atoms with Crippen LogP contribution >= 0.6 is 0 Å². The summed E-state index contributed by atoms with van der Waals surface area (Å²) in [6.07, 6.45) is 4.74. The maximum absolute atomic E-state index is 12.1. The Kier molecular flexibility index (Phi) is 3.91. The van der Waals surface area contributed by atoms with Gasteiger partial charge in [-0.25, -0.2) is 19.7 Å². The molecule has 0 amide bonds. The summed E-state index contributed by atoms with van der Waals surface area (Å²) in [5.41, 5.74) is 2.05. The molecule has 3 rings (SSSR count). The minimum atomic E-state index is -0.401. The molecule has 0 fully saturated rings. The number of esters is 1. The van der Waals surface area contributed by atoms with Crippen molar-refractivity contribution in [3.8, 4) is 5.88 Å². The predicted octanol–water partition coefficient (Wildman–Crippen LogP) is 2.39. The number of methoxy groups -OCH3 is 1. The summed E-state index contributed by atoms with van der Waals surface area (Å²) in [4.78, 5) is 24.2. The third-order valence-electron chi connectivity index (χ3n) is 3.12. The molecule has 0 unspecified atom stereocenters. The second-order valence-electron chi connectivity index (χ2n) is 4.58. The molecule has 0 saturated heterocycles. The summed E-state index contributed by atoms with van der Waals surface area (Å²) in [5.74, 6) is 0.0814. The molecule has 22 heavy (non-hydrogen) atoms. The van der Waals surface area contributed by atoms with E-state index in [2.05, 4.69) is 15.0 Å². The minimum absolute atomic E-state index is 0.154. The minimum Gasteiger partial charge on any atom is -0.481 e. The van der Waals surface area contributed by atoms with Crippen molar-refractivity contribution in [2.75, 3.05) is 7.11 Å². The average molecular weight is 295 g/mol. The molecule has 0 saturated carbocycles. The van der Waals surface area contributed by atoms with Crippen LogP contribution in [0.3, 0.4) is 0 Å². The standard InChI is InChI=1S/C16H13N3O3/c1-21-15-6-11(4-5-18-15)9-22-16(20)12-2-3-14-13(7-12)8-17-10-19-14/h2-8,10H,9H2,1H3. The van der Waals surface area contributed by atoms with Crippen molar-refractivity contribution in [2.45, 2.75) is 6.61 Å². The van der Waals surface area contributed by atoms with E-state index < -0.39 is 5.97 Å². The Morgan fingerprint density at radius 2 is 2.09 bits per heavy atom. The number of pyridine rings is 1. The lowest BCUT2D eigenvalue weighted by atomic mass is 10.1. The maximum atomic E-state index is 12.1. The van der Waals surface area contributed by atoms with Crippen molar-refractivity contribution < 1.29 is 14.3 Å². The molecule has 6 heteroatoms. The van der Waals surface area contributed by atoms with Gasteiger partial charge in [0.25, 0.3) is 0 Å². The van der Waals surface area contributed by atoms with Crippen LogP contribution in [0.4, 0.5) is 0 Å². The van der Waals surface area contributed by atoms with Gasteiger partial charge in [-0.15, -0.1) is 0 Å². The lowest BCUT2D eigenvalue weighted by Gasteiger charge is -2.06. The first-order valence-electron chi connectivity index (χ1n) is 6.62. The van der Waals surface area contributed by atoms with E-state index in [-0.39, 0.29) is 6.61 Å². The van der Waals surface area contributed by atoms with Gasteiger partial charge < -0.3 is 9.47 Å². The zero-order valence-electron chi connectivity index (χ0n) is 11.9. The molecule has 6 nitrogen and oxygen atoms in total. The fraction of sp³-hybridized carbons (Fsp3) is 0.125. The van der Waals surface area contributed by atoms with Crippen molar-refractivity contribution in [2.24, 2.45) is 0 Å². The molecule has 0 N–H and O–H groups in total. The van der Waals surface area contributed by atoms with Crippen LogP contribution in [0.1, 0.15) is 15.9 Å². The monoisotopic (exact) mass is 295 g/mol. The van der Waals surface area contributed by atoms with Crippen LogP contribution in [0, 0.1) is 0 Å². The molecule has 0 aliphatic rings. The van der Waals surface area contributed by atoms with Gasteiger partial charge in [0, 0.05) is 23.8 Å². The largest absolute Gasteiger partial charge is 0.481 e. The molecule has 0 aliphatic heterocycles. The number of rotatable bonds is 4. The molecule has 0 aliphatic carbocycles. The van der Waals surface area contributed by atoms with E-state index in [9.17, 15) is 4.79 Å². The number of carbonyl (C=O) groups excluding carboxylic acids is 1. The van der Waals surface area contributed by atoms with Crippen LogP contribution in [-0.2, 0) is 11.3 Å². The lowest BCUT2D eigenvalue weighted by Crippen LogP contribution is -2.05. The Labute approximate surface area is 126 Å². The number of fused-ring (bicyclic) bond motifs is 1. The van der Waals surface area contributed by atoms with Gasteiger partial charge in [0.1, 0.15) is 12.9 Å². The molecular weight excluding hydrogens is 282 g/mol. The van der Waals surface area contributed by atoms with Crippen LogP contribution < -0.4 is 4.74 Å². The van der Waals surface area contributed by atoms with Crippen LogP contribution in [0.5, 0.6) is 5.88 Å². The van der Waals surface area contributed by atoms with Crippen molar-refractivity contribution in [1.82, 2.24) is 15.0 Å². The highest BCUT2D eigenvalue weighted by Crippen LogP contribution is 2.15. The van der Waals surface area contributed by atoms with E-state index in [0.717, 1.165) is 16.5 Å². The average Bonchev–Trinajstić information content (AvgIpc) is 2.59. The Morgan fingerprint density at radius 1 is 1.18 bits per heavy atom. The highest BCUT2D eigenvalue weighted by molar-refractivity contribution is 5.94. The van der Waals surface area contributed by atoms with Crippen molar-refractivity contribution >= 4 is 16.9 Å². The summed E-state index contributed by atoms with van der Waals surface area (Å²) in [6, 6.07) is 8.66. The number of ether oxygens (including phenoxy) is 2. The third kappa shape index (κ3) is 3.01.